The maximum Gasteiger partial charge on any atom is 0.243 e. The minimum atomic E-state index is -3.50. The summed E-state index contributed by atoms with van der Waals surface area (Å²) in [5.41, 5.74) is 2.38. The first-order valence-electron chi connectivity index (χ1n) is 13.4. The molecule has 1 saturated heterocycles. The summed E-state index contributed by atoms with van der Waals surface area (Å²) in [7, 11) is -3.50. The highest BCUT2D eigenvalue weighted by Crippen LogP contribution is 2.23. The van der Waals surface area contributed by atoms with Crippen molar-refractivity contribution in [1.29, 1.82) is 0 Å². The molecule has 218 valence electrons. The van der Waals surface area contributed by atoms with E-state index in [1.165, 1.54) is 9.21 Å². The second kappa shape index (κ2) is 14.0. The van der Waals surface area contributed by atoms with E-state index in [9.17, 15) is 18.0 Å². The van der Waals surface area contributed by atoms with E-state index in [0.717, 1.165) is 24.0 Å². The lowest BCUT2D eigenvalue weighted by Crippen LogP contribution is -2.47. The molecular weight excluding hydrogens is 605 g/mol. The molecule has 0 bridgehead atoms. The van der Waals surface area contributed by atoms with Crippen LogP contribution in [0.4, 0.5) is 0 Å². The molecule has 0 saturated carbocycles. The fraction of sp³-hybridized carbons (Fsp3) is 0.333. The molecule has 0 radical (unpaired) electrons. The number of nitrogens with zero attached hydrogens (tertiary/aromatic N) is 2. The SMILES string of the molecule is C[C@H](C(=O)NCc1ccc(Cl)cc1Cl)N(Cc1ccc(Cl)cc1)C(=O)CCc1ccc(S(=O)(=O)N2CCCC2)cc1. The van der Waals surface area contributed by atoms with Gasteiger partial charge in [0.1, 0.15) is 6.04 Å². The highest BCUT2D eigenvalue weighted by molar-refractivity contribution is 7.89. The van der Waals surface area contributed by atoms with E-state index in [-0.39, 0.29) is 36.2 Å². The normalized spacial score (nSPS) is 14.5. The lowest BCUT2D eigenvalue weighted by Gasteiger charge is -2.29. The van der Waals surface area contributed by atoms with Crippen molar-refractivity contribution in [3.8, 4) is 0 Å². The Bertz CT molecular complexity index is 1480. The first kappa shape index (κ1) is 31.3. The second-order valence-corrected chi connectivity index (χ2v) is 13.3. The Hall–Kier alpha value is -2.62. The van der Waals surface area contributed by atoms with Crippen LogP contribution in [0.2, 0.25) is 15.1 Å². The summed E-state index contributed by atoms with van der Waals surface area (Å²) in [6.45, 7) is 3.18. The van der Waals surface area contributed by atoms with Crippen molar-refractivity contribution < 1.29 is 18.0 Å². The van der Waals surface area contributed by atoms with Gasteiger partial charge in [-0.15, -0.1) is 0 Å². The number of halogens is 3. The number of nitrogens with one attached hydrogen (secondary N) is 1. The van der Waals surface area contributed by atoms with E-state index in [4.69, 9.17) is 34.8 Å². The third-order valence-electron chi connectivity index (χ3n) is 7.16. The summed E-state index contributed by atoms with van der Waals surface area (Å²) in [6, 6.07) is 18.1. The third-order valence-corrected chi connectivity index (χ3v) is 9.91. The summed E-state index contributed by atoms with van der Waals surface area (Å²) in [6.07, 6.45) is 2.29. The average molecular weight is 637 g/mol. The van der Waals surface area contributed by atoms with Crippen LogP contribution in [0.15, 0.2) is 71.6 Å². The third kappa shape index (κ3) is 8.23. The van der Waals surface area contributed by atoms with Gasteiger partial charge in [0.05, 0.1) is 4.90 Å². The van der Waals surface area contributed by atoms with Gasteiger partial charge in [0, 0.05) is 47.7 Å². The van der Waals surface area contributed by atoms with Crippen LogP contribution >= 0.6 is 34.8 Å². The fourth-order valence-electron chi connectivity index (χ4n) is 4.66. The largest absolute Gasteiger partial charge is 0.350 e. The first-order chi connectivity index (χ1) is 19.5. The fourth-order valence-corrected chi connectivity index (χ4v) is 6.78. The topological polar surface area (TPSA) is 86.8 Å². The van der Waals surface area contributed by atoms with Gasteiger partial charge in [-0.1, -0.05) is 65.1 Å². The Labute approximate surface area is 256 Å². The minimum absolute atomic E-state index is 0.145. The van der Waals surface area contributed by atoms with Crippen LogP contribution < -0.4 is 5.32 Å². The number of carbonyl (C=O) groups excluding carboxylic acids is 2. The highest BCUT2D eigenvalue weighted by Gasteiger charge is 2.28. The zero-order valence-electron chi connectivity index (χ0n) is 22.7. The molecule has 0 aliphatic carbocycles. The van der Waals surface area contributed by atoms with Gasteiger partial charge in [-0.25, -0.2) is 8.42 Å². The van der Waals surface area contributed by atoms with Gasteiger partial charge in [-0.3, -0.25) is 9.59 Å². The maximum absolute atomic E-state index is 13.5. The molecule has 1 atom stereocenters. The summed E-state index contributed by atoms with van der Waals surface area (Å²) < 4.78 is 27.1. The van der Waals surface area contributed by atoms with Crippen molar-refractivity contribution in [2.75, 3.05) is 13.1 Å². The van der Waals surface area contributed by atoms with Gasteiger partial charge in [-0.2, -0.15) is 4.31 Å². The van der Waals surface area contributed by atoms with E-state index < -0.39 is 16.1 Å². The molecule has 3 aromatic rings. The van der Waals surface area contributed by atoms with Gasteiger partial charge >= 0.3 is 0 Å². The van der Waals surface area contributed by atoms with Crippen LogP contribution in [-0.4, -0.2) is 48.6 Å². The molecule has 4 rings (SSSR count). The van der Waals surface area contributed by atoms with Crippen molar-refractivity contribution in [3.05, 3.63) is 98.5 Å². The molecule has 0 unspecified atom stereocenters. The maximum atomic E-state index is 13.5. The van der Waals surface area contributed by atoms with E-state index in [0.29, 0.717) is 40.1 Å². The van der Waals surface area contributed by atoms with Gasteiger partial charge in [0.2, 0.25) is 21.8 Å². The summed E-state index contributed by atoms with van der Waals surface area (Å²) in [5, 5.41) is 4.38. The van der Waals surface area contributed by atoms with Crippen LogP contribution in [0.5, 0.6) is 0 Å². The summed E-state index contributed by atoms with van der Waals surface area (Å²) >= 11 is 18.2. The van der Waals surface area contributed by atoms with Crippen LogP contribution in [0.1, 0.15) is 42.9 Å². The summed E-state index contributed by atoms with van der Waals surface area (Å²) in [5.74, 6) is -0.532. The number of benzene rings is 3. The molecule has 1 aliphatic rings. The van der Waals surface area contributed by atoms with Crippen LogP contribution in [0.3, 0.4) is 0 Å². The number of hydrogen-bond acceptors (Lipinski definition) is 4. The lowest BCUT2D eigenvalue weighted by molar-refractivity contribution is -0.140. The molecule has 2 amide bonds. The standard InChI is InChI=1S/C30H32Cl3N3O4S/c1-21(30(38)34-19-24-9-12-26(32)18-28(24)33)36(20-23-4-10-25(31)11-5-23)29(37)15-8-22-6-13-27(14-7-22)41(39,40)35-16-2-3-17-35/h4-7,9-14,18,21H,2-3,8,15-17,19-20H2,1H3,(H,34,38)/t21-/m1/s1. The Balaban J connectivity index is 1.43. The van der Waals surface area contributed by atoms with Crippen molar-refractivity contribution in [1.82, 2.24) is 14.5 Å². The number of amides is 2. The zero-order valence-corrected chi connectivity index (χ0v) is 25.7. The molecule has 1 N–H and O–H groups in total. The Morgan fingerprint density at radius 3 is 2.15 bits per heavy atom. The Morgan fingerprint density at radius 1 is 0.902 bits per heavy atom. The number of hydrogen-bond donors (Lipinski definition) is 1. The van der Waals surface area contributed by atoms with Gasteiger partial charge < -0.3 is 10.2 Å². The number of rotatable bonds is 11. The molecule has 1 aliphatic heterocycles. The minimum Gasteiger partial charge on any atom is -0.350 e. The first-order valence-corrected chi connectivity index (χ1v) is 16.0. The molecule has 1 heterocycles. The number of sulfonamides is 1. The van der Waals surface area contributed by atoms with Crippen LogP contribution in [-0.2, 0) is 39.1 Å². The van der Waals surface area contributed by atoms with Gasteiger partial charge in [-0.05, 0) is 79.3 Å². The van der Waals surface area contributed by atoms with Crippen LogP contribution in [0.25, 0.3) is 0 Å². The predicted molar refractivity (Wildman–Crippen MR) is 163 cm³/mol. The Kier molecular flexibility index (Phi) is 10.7. The molecule has 7 nitrogen and oxygen atoms in total. The second-order valence-electron chi connectivity index (χ2n) is 10.0. The van der Waals surface area contributed by atoms with E-state index >= 15 is 0 Å². The van der Waals surface area contributed by atoms with E-state index in [1.54, 1.807) is 61.5 Å². The summed E-state index contributed by atoms with van der Waals surface area (Å²) in [4.78, 5) is 28.4. The Morgan fingerprint density at radius 2 is 1.51 bits per heavy atom. The highest BCUT2D eigenvalue weighted by atomic mass is 35.5. The smallest absolute Gasteiger partial charge is 0.243 e. The predicted octanol–water partition coefficient (Wildman–Crippen LogP) is 6.10. The van der Waals surface area contributed by atoms with Crippen molar-refractivity contribution >= 4 is 56.6 Å². The van der Waals surface area contributed by atoms with Crippen molar-refractivity contribution in [2.24, 2.45) is 0 Å². The molecule has 0 aromatic heterocycles. The molecular formula is C30H32Cl3N3O4S. The van der Waals surface area contributed by atoms with Crippen molar-refractivity contribution in [2.45, 2.75) is 56.6 Å². The molecule has 3 aromatic carbocycles. The molecule has 11 heteroatoms. The van der Waals surface area contributed by atoms with Gasteiger partial charge in [0.15, 0.2) is 0 Å². The number of carbonyl (C=O) groups is 2. The van der Waals surface area contributed by atoms with Crippen LogP contribution in [0, 0.1) is 0 Å². The van der Waals surface area contributed by atoms with Gasteiger partial charge in [0.25, 0.3) is 0 Å². The lowest BCUT2D eigenvalue weighted by atomic mass is 10.1. The average Bonchev–Trinajstić information content (AvgIpc) is 3.51. The zero-order chi connectivity index (χ0) is 29.6. The van der Waals surface area contributed by atoms with Crippen molar-refractivity contribution in [3.63, 3.8) is 0 Å². The number of aryl methyl sites for hydroxylation is 1. The quantitative estimate of drug-likeness (QED) is 0.276. The molecule has 1 fully saturated rings. The molecule has 41 heavy (non-hydrogen) atoms. The monoisotopic (exact) mass is 635 g/mol. The van der Waals surface area contributed by atoms with E-state index in [1.807, 2.05) is 12.1 Å². The molecule has 0 spiro atoms. The van der Waals surface area contributed by atoms with E-state index in [2.05, 4.69) is 5.32 Å².